The molecule has 3 aromatic rings. The normalized spacial score (nSPS) is 17.7. The highest BCUT2D eigenvalue weighted by molar-refractivity contribution is 7.90. The van der Waals surface area contributed by atoms with E-state index in [9.17, 15) is 45.0 Å². The van der Waals surface area contributed by atoms with Gasteiger partial charge in [0.15, 0.2) is 0 Å². The highest BCUT2D eigenvalue weighted by atomic mass is 32.2. The summed E-state index contributed by atoms with van der Waals surface area (Å²) in [4.78, 5) is 1.91. The molecule has 1 aliphatic rings. The predicted molar refractivity (Wildman–Crippen MR) is 138 cm³/mol. The molecule has 14 heteroatoms. The van der Waals surface area contributed by atoms with Crippen molar-refractivity contribution in [1.29, 1.82) is 0 Å². The molecule has 216 valence electrons. The van der Waals surface area contributed by atoms with Gasteiger partial charge in [-0.2, -0.15) is 30.6 Å². The molecule has 0 bridgehead atoms. The Morgan fingerprint density at radius 3 is 2.08 bits per heavy atom. The van der Waals surface area contributed by atoms with Crippen molar-refractivity contribution in [2.75, 3.05) is 24.5 Å². The van der Waals surface area contributed by atoms with Gasteiger partial charge in [0, 0.05) is 41.8 Å². The van der Waals surface area contributed by atoms with Crippen LogP contribution in [0.25, 0.3) is 0 Å². The van der Waals surface area contributed by atoms with Crippen LogP contribution < -0.4 is 4.90 Å². The van der Waals surface area contributed by atoms with Gasteiger partial charge in [-0.05, 0) is 48.4 Å². The van der Waals surface area contributed by atoms with Crippen LogP contribution in [0.3, 0.4) is 0 Å². The highest BCUT2D eigenvalue weighted by Crippen LogP contribution is 2.50. The lowest BCUT2D eigenvalue weighted by atomic mass is 9.92. The number of phenols is 1. The number of hydrogen-bond acceptors (Lipinski definition) is 6. The fourth-order valence-corrected chi connectivity index (χ4v) is 6.77. The van der Waals surface area contributed by atoms with Crippen LogP contribution in [0.5, 0.6) is 5.75 Å². The topological polar surface area (TPSA) is 81.1 Å². The molecule has 1 heterocycles. The van der Waals surface area contributed by atoms with Gasteiger partial charge in [0.05, 0.1) is 4.90 Å². The van der Waals surface area contributed by atoms with Crippen LogP contribution >= 0.6 is 12.6 Å². The lowest BCUT2D eigenvalue weighted by Crippen LogP contribution is -2.56. The minimum absolute atomic E-state index is 0.00849. The molecular weight excluding hydrogens is 582 g/mol. The number of benzene rings is 3. The lowest BCUT2D eigenvalue weighted by Gasteiger charge is -2.42. The summed E-state index contributed by atoms with van der Waals surface area (Å²) < 4.78 is 108. The van der Waals surface area contributed by atoms with E-state index in [4.69, 9.17) is 0 Å². The van der Waals surface area contributed by atoms with Gasteiger partial charge >= 0.3 is 12.4 Å². The number of rotatable bonds is 6. The maximum atomic E-state index is 13.4. The number of aliphatic hydroxyl groups is 1. The molecule has 1 fully saturated rings. The molecule has 0 spiro atoms. The van der Waals surface area contributed by atoms with Crippen molar-refractivity contribution in [3.05, 3.63) is 83.9 Å². The number of hydrogen-bond donors (Lipinski definition) is 3. The summed E-state index contributed by atoms with van der Waals surface area (Å²) in [7, 11) is -3.99. The van der Waals surface area contributed by atoms with E-state index in [0.717, 1.165) is 12.1 Å². The first-order chi connectivity index (χ1) is 18.6. The van der Waals surface area contributed by atoms with Crippen LogP contribution in [-0.4, -0.2) is 61.0 Å². The number of anilines is 1. The third-order valence-corrected chi connectivity index (χ3v) is 9.21. The van der Waals surface area contributed by atoms with Gasteiger partial charge in [-0.25, -0.2) is 8.42 Å². The number of phenolic OH excluding ortho intramolecular Hbond substituents is 1. The second-order valence-corrected chi connectivity index (χ2v) is 11.7. The van der Waals surface area contributed by atoms with Crippen molar-refractivity contribution < 1.29 is 45.0 Å². The molecule has 40 heavy (non-hydrogen) atoms. The Labute approximate surface area is 231 Å². The Hall–Kier alpha value is -2.94. The van der Waals surface area contributed by atoms with E-state index >= 15 is 0 Å². The van der Waals surface area contributed by atoms with Gasteiger partial charge < -0.3 is 15.1 Å². The second-order valence-electron chi connectivity index (χ2n) is 9.30. The second kappa shape index (κ2) is 10.8. The highest BCUT2D eigenvalue weighted by Gasteiger charge is 2.71. The standard InChI is InChI=1S/C26H24F6N2O4S2/c27-25(28,29)24(36,26(30,31)32)18-8-10-19(11-9-18)34-13-12-33(40(37,38)23-7-2-1-6-22(23)39)16-20(34)14-17-4-3-5-21(35)15-17/h1-11,15,20,35-36,39H,12-14,16H2/t20-/m0/s1. The molecule has 1 saturated heterocycles. The number of nitrogens with zero attached hydrogens (tertiary/aromatic N) is 2. The fourth-order valence-electron chi connectivity index (χ4n) is 4.71. The van der Waals surface area contributed by atoms with Gasteiger partial charge in [-0.15, -0.1) is 12.6 Å². The van der Waals surface area contributed by atoms with Crippen LogP contribution in [-0.2, 0) is 22.0 Å². The number of sulfonamides is 1. The molecule has 0 radical (unpaired) electrons. The Kier molecular flexibility index (Phi) is 8.11. The van der Waals surface area contributed by atoms with E-state index in [1.54, 1.807) is 29.2 Å². The van der Waals surface area contributed by atoms with Crippen molar-refractivity contribution in [2.45, 2.75) is 40.2 Å². The molecule has 4 rings (SSSR count). The van der Waals surface area contributed by atoms with E-state index in [1.165, 1.54) is 28.6 Å². The quantitative estimate of drug-likeness (QED) is 0.268. The molecule has 0 aliphatic carbocycles. The summed E-state index contributed by atoms with van der Waals surface area (Å²) in [6.45, 7) is -0.0473. The smallest absolute Gasteiger partial charge is 0.430 e. The largest absolute Gasteiger partial charge is 0.508 e. The number of alkyl halides is 6. The van der Waals surface area contributed by atoms with Crippen molar-refractivity contribution in [2.24, 2.45) is 0 Å². The first-order valence-electron chi connectivity index (χ1n) is 11.8. The third kappa shape index (κ3) is 5.62. The summed E-state index contributed by atoms with van der Waals surface area (Å²) in [6.07, 6.45) is -11.8. The average Bonchev–Trinajstić information content (AvgIpc) is 2.87. The van der Waals surface area contributed by atoms with E-state index in [-0.39, 0.29) is 47.3 Å². The van der Waals surface area contributed by atoms with Crippen LogP contribution in [0.2, 0.25) is 0 Å². The van der Waals surface area contributed by atoms with Crippen LogP contribution in [0.4, 0.5) is 32.0 Å². The zero-order valence-corrected chi connectivity index (χ0v) is 22.3. The molecule has 0 saturated carbocycles. The van der Waals surface area contributed by atoms with Crippen molar-refractivity contribution in [3.8, 4) is 5.75 Å². The van der Waals surface area contributed by atoms with Crippen LogP contribution in [0, 0.1) is 0 Å². The fraction of sp³-hybridized carbons (Fsp3) is 0.308. The molecule has 6 nitrogen and oxygen atoms in total. The van der Waals surface area contributed by atoms with Crippen molar-refractivity contribution in [3.63, 3.8) is 0 Å². The molecule has 3 aromatic carbocycles. The van der Waals surface area contributed by atoms with Crippen molar-refractivity contribution >= 4 is 28.3 Å². The molecule has 0 unspecified atom stereocenters. The minimum atomic E-state index is -6.02. The first-order valence-corrected chi connectivity index (χ1v) is 13.7. The van der Waals surface area contributed by atoms with E-state index < -0.39 is 39.6 Å². The van der Waals surface area contributed by atoms with Gasteiger partial charge in [0.1, 0.15) is 5.75 Å². The summed E-state index contributed by atoms with van der Waals surface area (Å²) in [5.41, 5.74) is -5.60. The Balaban J connectivity index is 1.69. The number of piperazine rings is 1. The van der Waals surface area contributed by atoms with Gasteiger partial charge in [0.2, 0.25) is 10.0 Å². The maximum Gasteiger partial charge on any atom is 0.430 e. The van der Waals surface area contributed by atoms with Gasteiger partial charge in [0.25, 0.3) is 5.60 Å². The summed E-state index contributed by atoms with van der Waals surface area (Å²) >= 11 is 4.25. The molecule has 1 aliphatic heterocycles. The van der Waals surface area contributed by atoms with Gasteiger partial charge in [-0.3, -0.25) is 0 Å². The zero-order chi connectivity index (χ0) is 29.5. The summed E-state index contributed by atoms with van der Waals surface area (Å²) in [5.74, 6) is -0.0312. The van der Waals surface area contributed by atoms with Crippen molar-refractivity contribution in [1.82, 2.24) is 4.31 Å². The SMILES string of the molecule is O=S(=O)(c1ccccc1S)N1CCN(c2ccc(C(O)(C(F)(F)F)C(F)(F)F)cc2)[C@@H](Cc2cccc(O)c2)C1. The first kappa shape index (κ1) is 30.0. The van der Waals surface area contributed by atoms with E-state index in [1.807, 2.05) is 0 Å². The molecule has 0 amide bonds. The summed E-state index contributed by atoms with van der Waals surface area (Å²) in [5, 5.41) is 19.6. The number of halogens is 6. The maximum absolute atomic E-state index is 13.4. The van der Waals surface area contributed by atoms with E-state index in [0.29, 0.717) is 17.7 Å². The Morgan fingerprint density at radius 2 is 1.50 bits per heavy atom. The molecule has 0 aromatic heterocycles. The molecule has 1 atom stereocenters. The number of aromatic hydroxyl groups is 1. The van der Waals surface area contributed by atoms with Crippen LogP contribution in [0.1, 0.15) is 11.1 Å². The predicted octanol–water partition coefficient (Wildman–Crippen LogP) is 5.12. The Bertz CT molecular complexity index is 1450. The van der Waals surface area contributed by atoms with Crippen LogP contribution in [0.15, 0.2) is 82.6 Å². The minimum Gasteiger partial charge on any atom is -0.508 e. The molecule has 2 N–H and O–H groups in total. The monoisotopic (exact) mass is 606 g/mol. The average molecular weight is 607 g/mol. The number of thiol groups is 1. The summed E-state index contributed by atoms with van der Waals surface area (Å²) in [6, 6.07) is 14.9. The molecular formula is C26H24F6N2O4S2. The zero-order valence-electron chi connectivity index (χ0n) is 20.6. The lowest BCUT2D eigenvalue weighted by molar-refractivity contribution is -0.376. The third-order valence-electron chi connectivity index (χ3n) is 6.75. The Morgan fingerprint density at radius 1 is 0.875 bits per heavy atom. The van der Waals surface area contributed by atoms with E-state index in [2.05, 4.69) is 12.6 Å². The van der Waals surface area contributed by atoms with Gasteiger partial charge in [-0.1, -0.05) is 36.4 Å².